The normalized spacial score (nSPS) is 22.7. The van der Waals surface area contributed by atoms with Gasteiger partial charge in [-0.1, -0.05) is 6.92 Å². The molecule has 0 aliphatic carbocycles. The Morgan fingerprint density at radius 3 is 2.84 bits per heavy atom. The van der Waals surface area contributed by atoms with Crippen LogP contribution in [-0.4, -0.2) is 49.7 Å². The smallest absolute Gasteiger partial charge is 0.308 e. The van der Waals surface area contributed by atoms with E-state index in [1.54, 1.807) is 6.92 Å². The van der Waals surface area contributed by atoms with E-state index in [4.69, 9.17) is 5.11 Å². The number of carbonyl (C=O) groups is 2. The Labute approximate surface area is 111 Å². The largest absolute Gasteiger partial charge is 0.481 e. The number of amides is 1. The molecule has 0 aromatic carbocycles. The van der Waals surface area contributed by atoms with Crippen molar-refractivity contribution in [3.05, 3.63) is 11.6 Å². The van der Waals surface area contributed by atoms with Crippen LogP contribution in [0.1, 0.15) is 43.1 Å². The highest BCUT2D eigenvalue weighted by Gasteiger charge is 2.39. The molecule has 2 rings (SSSR count). The maximum Gasteiger partial charge on any atom is 0.308 e. The van der Waals surface area contributed by atoms with E-state index in [0.29, 0.717) is 18.8 Å². The molecule has 7 nitrogen and oxygen atoms in total. The first-order chi connectivity index (χ1) is 9.04. The number of carboxylic acids is 1. The number of carbonyl (C=O) groups excluding carboxylic acids is 1. The molecule has 104 valence electrons. The number of carboxylic acid groups (broad SMARTS) is 1. The second-order valence-corrected chi connectivity index (χ2v) is 4.83. The van der Waals surface area contributed by atoms with Gasteiger partial charge in [0.2, 0.25) is 5.82 Å². The lowest BCUT2D eigenvalue weighted by atomic mass is 10.0. The Morgan fingerprint density at radius 1 is 1.53 bits per heavy atom. The molecule has 1 amide bonds. The standard InChI is InChI=1S/C12H18N4O3/c1-3-4-9-13-10(15-14-9)11(17)16-6-5-8(7(16)2)12(18)19/h7-8H,3-6H2,1-2H3,(H,18,19)(H,13,14,15). The summed E-state index contributed by atoms with van der Waals surface area (Å²) in [6.07, 6.45) is 2.14. The molecule has 1 aliphatic heterocycles. The van der Waals surface area contributed by atoms with Crippen molar-refractivity contribution in [3.8, 4) is 0 Å². The van der Waals surface area contributed by atoms with Gasteiger partial charge in [-0.05, 0) is 19.8 Å². The maximum atomic E-state index is 12.2. The van der Waals surface area contributed by atoms with Gasteiger partial charge >= 0.3 is 5.97 Å². The van der Waals surface area contributed by atoms with Gasteiger partial charge in [-0.25, -0.2) is 4.98 Å². The van der Waals surface area contributed by atoms with E-state index in [2.05, 4.69) is 15.2 Å². The van der Waals surface area contributed by atoms with E-state index in [-0.39, 0.29) is 17.8 Å². The molecular formula is C12H18N4O3. The first kappa shape index (κ1) is 13.5. The molecule has 1 aromatic heterocycles. The van der Waals surface area contributed by atoms with Crippen LogP contribution in [0.25, 0.3) is 0 Å². The third-order valence-corrected chi connectivity index (χ3v) is 3.54. The zero-order chi connectivity index (χ0) is 14.0. The van der Waals surface area contributed by atoms with E-state index in [9.17, 15) is 9.59 Å². The summed E-state index contributed by atoms with van der Waals surface area (Å²) in [6.45, 7) is 4.21. The predicted octanol–water partition coefficient (Wildman–Crippen LogP) is 0.692. The SMILES string of the molecule is CCCc1nc(C(=O)N2CCC(C(=O)O)C2C)n[nH]1. The highest BCUT2D eigenvalue weighted by atomic mass is 16.4. The summed E-state index contributed by atoms with van der Waals surface area (Å²) in [5.41, 5.74) is 0. The molecule has 1 aromatic rings. The number of nitrogens with one attached hydrogen (secondary N) is 1. The number of nitrogens with zero attached hydrogens (tertiary/aromatic N) is 3. The summed E-state index contributed by atoms with van der Waals surface area (Å²) >= 11 is 0. The van der Waals surface area contributed by atoms with Crippen molar-refractivity contribution >= 4 is 11.9 Å². The van der Waals surface area contributed by atoms with Crippen LogP contribution in [-0.2, 0) is 11.2 Å². The lowest BCUT2D eigenvalue weighted by molar-refractivity contribution is -0.142. The quantitative estimate of drug-likeness (QED) is 0.835. The Kier molecular flexibility index (Phi) is 3.82. The van der Waals surface area contributed by atoms with Gasteiger partial charge in [-0.15, -0.1) is 5.10 Å². The topological polar surface area (TPSA) is 99.2 Å². The zero-order valence-corrected chi connectivity index (χ0v) is 11.1. The number of aliphatic carboxylic acids is 1. The lowest BCUT2D eigenvalue weighted by Crippen LogP contribution is -2.38. The van der Waals surface area contributed by atoms with Gasteiger partial charge in [0.05, 0.1) is 5.92 Å². The van der Waals surface area contributed by atoms with Crippen LogP contribution in [0.3, 0.4) is 0 Å². The van der Waals surface area contributed by atoms with Crippen molar-refractivity contribution < 1.29 is 14.7 Å². The molecule has 7 heteroatoms. The fourth-order valence-corrected chi connectivity index (χ4v) is 2.42. The van der Waals surface area contributed by atoms with E-state index in [1.807, 2.05) is 6.92 Å². The predicted molar refractivity (Wildman–Crippen MR) is 66.6 cm³/mol. The molecule has 0 spiro atoms. The van der Waals surface area contributed by atoms with Gasteiger partial charge in [0.25, 0.3) is 5.91 Å². The molecule has 0 saturated carbocycles. The second kappa shape index (κ2) is 5.38. The van der Waals surface area contributed by atoms with E-state index < -0.39 is 11.9 Å². The van der Waals surface area contributed by atoms with Crippen molar-refractivity contribution in [2.45, 2.75) is 39.2 Å². The van der Waals surface area contributed by atoms with Crippen molar-refractivity contribution in [2.75, 3.05) is 6.54 Å². The third kappa shape index (κ3) is 2.59. The summed E-state index contributed by atoms with van der Waals surface area (Å²) in [6, 6.07) is -0.321. The molecule has 1 aliphatic rings. The minimum atomic E-state index is -0.857. The van der Waals surface area contributed by atoms with Gasteiger partial charge in [0, 0.05) is 19.0 Å². The molecular weight excluding hydrogens is 248 g/mol. The number of likely N-dealkylation sites (tertiary alicyclic amines) is 1. The lowest BCUT2D eigenvalue weighted by Gasteiger charge is -2.21. The van der Waals surface area contributed by atoms with Gasteiger partial charge < -0.3 is 10.0 Å². The van der Waals surface area contributed by atoms with Gasteiger partial charge in [0.1, 0.15) is 5.82 Å². The Hall–Kier alpha value is -1.92. The van der Waals surface area contributed by atoms with Crippen molar-refractivity contribution in [3.63, 3.8) is 0 Å². The third-order valence-electron chi connectivity index (χ3n) is 3.54. The second-order valence-electron chi connectivity index (χ2n) is 4.83. The molecule has 1 saturated heterocycles. The van der Waals surface area contributed by atoms with E-state index in [0.717, 1.165) is 12.8 Å². The molecule has 2 N–H and O–H groups in total. The highest BCUT2D eigenvalue weighted by Crippen LogP contribution is 2.25. The number of H-pyrrole nitrogens is 1. The molecule has 2 atom stereocenters. The van der Waals surface area contributed by atoms with Crippen LogP contribution in [0.2, 0.25) is 0 Å². The van der Waals surface area contributed by atoms with Crippen LogP contribution in [0, 0.1) is 5.92 Å². The number of aromatic nitrogens is 3. The highest BCUT2D eigenvalue weighted by molar-refractivity contribution is 5.91. The summed E-state index contributed by atoms with van der Waals surface area (Å²) in [7, 11) is 0. The average Bonchev–Trinajstić information content (AvgIpc) is 2.95. The first-order valence-corrected chi connectivity index (χ1v) is 6.49. The van der Waals surface area contributed by atoms with Crippen molar-refractivity contribution in [2.24, 2.45) is 5.92 Å². The van der Waals surface area contributed by atoms with Gasteiger partial charge in [0.15, 0.2) is 0 Å². The number of rotatable bonds is 4. The molecule has 2 unspecified atom stereocenters. The summed E-state index contributed by atoms with van der Waals surface area (Å²) in [5, 5.41) is 15.7. The average molecular weight is 266 g/mol. The Morgan fingerprint density at radius 2 is 2.26 bits per heavy atom. The van der Waals surface area contributed by atoms with Crippen LogP contribution < -0.4 is 0 Å². The molecule has 0 bridgehead atoms. The summed E-state index contributed by atoms with van der Waals surface area (Å²) < 4.78 is 0. The number of aromatic amines is 1. The Bertz CT molecular complexity index is 485. The molecule has 19 heavy (non-hydrogen) atoms. The van der Waals surface area contributed by atoms with E-state index >= 15 is 0 Å². The fraction of sp³-hybridized carbons (Fsp3) is 0.667. The van der Waals surface area contributed by atoms with Crippen molar-refractivity contribution in [1.82, 2.24) is 20.1 Å². The van der Waals surface area contributed by atoms with E-state index in [1.165, 1.54) is 4.90 Å². The van der Waals surface area contributed by atoms with Crippen LogP contribution in [0.4, 0.5) is 0 Å². The number of aryl methyl sites for hydroxylation is 1. The fourth-order valence-electron chi connectivity index (χ4n) is 2.42. The molecule has 2 heterocycles. The van der Waals surface area contributed by atoms with Gasteiger partial charge in [-0.2, -0.15) is 0 Å². The Balaban J connectivity index is 2.09. The minimum Gasteiger partial charge on any atom is -0.481 e. The molecule has 0 radical (unpaired) electrons. The van der Waals surface area contributed by atoms with Crippen molar-refractivity contribution in [1.29, 1.82) is 0 Å². The summed E-state index contributed by atoms with van der Waals surface area (Å²) in [4.78, 5) is 28.9. The van der Waals surface area contributed by atoms with Crippen LogP contribution in [0.15, 0.2) is 0 Å². The van der Waals surface area contributed by atoms with Crippen LogP contribution in [0.5, 0.6) is 0 Å². The monoisotopic (exact) mass is 266 g/mol. The number of hydrogen-bond acceptors (Lipinski definition) is 4. The zero-order valence-electron chi connectivity index (χ0n) is 11.1. The summed E-state index contributed by atoms with van der Waals surface area (Å²) in [5.74, 6) is -0.842. The van der Waals surface area contributed by atoms with Gasteiger partial charge in [-0.3, -0.25) is 14.7 Å². The maximum absolute atomic E-state index is 12.2. The van der Waals surface area contributed by atoms with Crippen LogP contribution >= 0.6 is 0 Å². The molecule has 1 fully saturated rings. The minimum absolute atomic E-state index is 0.126. The first-order valence-electron chi connectivity index (χ1n) is 6.49. The number of hydrogen-bond donors (Lipinski definition) is 2.